The molecule has 0 amide bonds. The van der Waals surface area contributed by atoms with Gasteiger partial charge in [-0.3, -0.25) is 4.79 Å². The molecule has 0 N–H and O–H groups in total. The molecular formula is C11H17F3O2. The zero-order valence-corrected chi connectivity index (χ0v) is 9.89. The topological polar surface area (TPSA) is 26.3 Å². The van der Waals surface area contributed by atoms with Gasteiger partial charge in [0, 0.05) is 0 Å². The number of esters is 1. The van der Waals surface area contributed by atoms with Crippen LogP contribution >= 0.6 is 0 Å². The maximum absolute atomic E-state index is 12.9. The first kappa shape index (κ1) is 13.3. The third kappa shape index (κ3) is 1.92. The van der Waals surface area contributed by atoms with E-state index >= 15 is 0 Å². The molecule has 0 radical (unpaired) electrons. The van der Waals surface area contributed by atoms with Crippen LogP contribution in [0, 0.1) is 23.2 Å². The summed E-state index contributed by atoms with van der Waals surface area (Å²) in [6.45, 7) is 4.81. The number of hydrogen-bond donors (Lipinski definition) is 0. The number of hydrogen-bond acceptors (Lipinski definition) is 2. The number of carbonyl (C=O) groups excluding carboxylic acids is 1. The van der Waals surface area contributed by atoms with Crippen LogP contribution < -0.4 is 0 Å². The molecule has 0 aromatic rings. The first-order valence-electron chi connectivity index (χ1n) is 5.30. The second-order valence-corrected chi connectivity index (χ2v) is 5.02. The summed E-state index contributed by atoms with van der Waals surface area (Å²) in [7, 11) is 1.13. The highest BCUT2D eigenvalue weighted by Crippen LogP contribution is 2.69. The van der Waals surface area contributed by atoms with Gasteiger partial charge in [0.25, 0.3) is 0 Å². The predicted molar refractivity (Wildman–Crippen MR) is 52.6 cm³/mol. The van der Waals surface area contributed by atoms with E-state index in [4.69, 9.17) is 0 Å². The maximum atomic E-state index is 12.9. The van der Waals surface area contributed by atoms with Crippen molar-refractivity contribution in [3.63, 3.8) is 0 Å². The van der Waals surface area contributed by atoms with Crippen molar-refractivity contribution in [2.75, 3.05) is 7.11 Å². The van der Waals surface area contributed by atoms with E-state index in [1.54, 1.807) is 0 Å². The first-order valence-corrected chi connectivity index (χ1v) is 5.30. The van der Waals surface area contributed by atoms with Crippen LogP contribution in [0.5, 0.6) is 0 Å². The van der Waals surface area contributed by atoms with Gasteiger partial charge in [-0.15, -0.1) is 0 Å². The van der Waals surface area contributed by atoms with Crippen LogP contribution in [0.15, 0.2) is 0 Å². The molecule has 1 fully saturated rings. The van der Waals surface area contributed by atoms with Gasteiger partial charge < -0.3 is 4.74 Å². The molecular weight excluding hydrogens is 221 g/mol. The minimum atomic E-state index is -4.34. The summed E-state index contributed by atoms with van der Waals surface area (Å²) < 4.78 is 43.0. The number of alkyl halides is 3. The summed E-state index contributed by atoms with van der Waals surface area (Å²) in [6.07, 6.45) is -3.94. The van der Waals surface area contributed by atoms with Crippen molar-refractivity contribution in [3.05, 3.63) is 0 Å². The van der Waals surface area contributed by atoms with Crippen LogP contribution in [0.3, 0.4) is 0 Å². The van der Waals surface area contributed by atoms with Crippen LogP contribution in [0.2, 0.25) is 0 Å². The first-order chi connectivity index (χ1) is 7.16. The molecule has 1 aliphatic carbocycles. The Bertz CT molecular complexity index is 285. The molecule has 3 atom stereocenters. The molecule has 0 aromatic heterocycles. The standard InChI is InChI=1S/C11H17F3O2/c1-6(2)5-7-8(9(15)16-4)10(7,3)11(12,13)14/h6-8H,5H2,1-4H3. The molecule has 16 heavy (non-hydrogen) atoms. The summed E-state index contributed by atoms with van der Waals surface area (Å²) in [5.74, 6) is -2.27. The SMILES string of the molecule is COC(=O)C1C(CC(C)C)C1(C)C(F)(F)F. The molecule has 3 unspecified atom stereocenters. The van der Waals surface area contributed by atoms with Crippen LogP contribution in [0.1, 0.15) is 27.2 Å². The number of carbonyl (C=O) groups is 1. The summed E-state index contributed by atoms with van der Waals surface area (Å²) >= 11 is 0. The van der Waals surface area contributed by atoms with Crippen molar-refractivity contribution in [2.45, 2.75) is 33.4 Å². The van der Waals surface area contributed by atoms with Crippen molar-refractivity contribution in [3.8, 4) is 0 Å². The van der Waals surface area contributed by atoms with Crippen LogP contribution in [-0.2, 0) is 9.53 Å². The number of rotatable bonds is 3. The van der Waals surface area contributed by atoms with Crippen molar-refractivity contribution >= 4 is 5.97 Å². The zero-order chi connectivity index (χ0) is 12.7. The lowest BCUT2D eigenvalue weighted by molar-refractivity contribution is -0.194. The van der Waals surface area contributed by atoms with Gasteiger partial charge in [-0.25, -0.2) is 0 Å². The number of methoxy groups -OCH3 is 1. The molecule has 94 valence electrons. The molecule has 1 saturated carbocycles. The Kier molecular flexibility index (Phi) is 3.27. The average Bonchev–Trinajstić information content (AvgIpc) is 2.70. The van der Waals surface area contributed by atoms with Crippen LogP contribution in [0.25, 0.3) is 0 Å². The van der Waals surface area contributed by atoms with Crippen molar-refractivity contribution in [1.29, 1.82) is 0 Å². The fourth-order valence-corrected chi connectivity index (χ4v) is 2.41. The molecule has 0 heterocycles. The quantitative estimate of drug-likeness (QED) is 0.706. The lowest BCUT2D eigenvalue weighted by Crippen LogP contribution is -2.27. The Balaban J connectivity index is 2.88. The fraction of sp³-hybridized carbons (Fsp3) is 0.909. The van der Waals surface area contributed by atoms with E-state index in [9.17, 15) is 18.0 Å². The second-order valence-electron chi connectivity index (χ2n) is 5.02. The van der Waals surface area contributed by atoms with E-state index in [1.807, 2.05) is 13.8 Å². The Labute approximate surface area is 93.2 Å². The normalized spacial score (nSPS) is 34.0. The third-order valence-electron chi connectivity index (χ3n) is 3.50. The summed E-state index contributed by atoms with van der Waals surface area (Å²) in [5.41, 5.74) is -1.90. The molecule has 1 aliphatic rings. The van der Waals surface area contributed by atoms with Gasteiger partial charge in [0.15, 0.2) is 0 Å². The van der Waals surface area contributed by atoms with Gasteiger partial charge in [-0.1, -0.05) is 13.8 Å². The summed E-state index contributed by atoms with van der Waals surface area (Å²) in [5, 5.41) is 0. The highest BCUT2D eigenvalue weighted by Gasteiger charge is 2.77. The Morgan fingerprint density at radius 2 is 1.94 bits per heavy atom. The molecule has 0 aromatic carbocycles. The van der Waals surface area contributed by atoms with Crippen molar-refractivity contribution in [1.82, 2.24) is 0 Å². The van der Waals surface area contributed by atoms with Crippen LogP contribution in [0.4, 0.5) is 13.2 Å². The number of ether oxygens (including phenoxy) is 1. The van der Waals surface area contributed by atoms with Gasteiger partial charge in [-0.2, -0.15) is 13.2 Å². The third-order valence-corrected chi connectivity index (χ3v) is 3.50. The van der Waals surface area contributed by atoms with Gasteiger partial charge in [0.05, 0.1) is 18.4 Å². The van der Waals surface area contributed by atoms with Crippen LogP contribution in [-0.4, -0.2) is 19.3 Å². The summed E-state index contributed by atoms with van der Waals surface area (Å²) in [4.78, 5) is 11.3. The minimum Gasteiger partial charge on any atom is -0.469 e. The van der Waals surface area contributed by atoms with Gasteiger partial charge in [0.1, 0.15) is 0 Å². The molecule has 0 saturated heterocycles. The summed E-state index contributed by atoms with van der Waals surface area (Å²) in [6, 6.07) is 0. The van der Waals surface area contributed by atoms with Gasteiger partial charge in [0.2, 0.25) is 0 Å². The predicted octanol–water partition coefficient (Wildman–Crippen LogP) is 3.02. The Hall–Kier alpha value is -0.740. The molecule has 0 aliphatic heterocycles. The monoisotopic (exact) mass is 238 g/mol. The van der Waals surface area contributed by atoms with Gasteiger partial charge in [-0.05, 0) is 25.2 Å². The van der Waals surface area contributed by atoms with Gasteiger partial charge >= 0.3 is 12.1 Å². The fourth-order valence-electron chi connectivity index (χ4n) is 2.41. The Morgan fingerprint density at radius 3 is 2.25 bits per heavy atom. The second kappa shape index (κ2) is 3.93. The van der Waals surface area contributed by atoms with Crippen molar-refractivity contribution in [2.24, 2.45) is 23.2 Å². The lowest BCUT2D eigenvalue weighted by atomic mass is 9.99. The molecule has 5 heteroatoms. The smallest absolute Gasteiger partial charge is 0.395 e. The van der Waals surface area contributed by atoms with Crippen molar-refractivity contribution < 1.29 is 22.7 Å². The zero-order valence-electron chi connectivity index (χ0n) is 9.89. The van der Waals surface area contributed by atoms with E-state index in [0.29, 0.717) is 6.42 Å². The highest BCUT2D eigenvalue weighted by molar-refractivity contribution is 5.78. The lowest BCUT2D eigenvalue weighted by Gasteiger charge is -2.16. The molecule has 2 nitrogen and oxygen atoms in total. The highest BCUT2D eigenvalue weighted by atomic mass is 19.4. The average molecular weight is 238 g/mol. The Morgan fingerprint density at radius 1 is 1.44 bits per heavy atom. The van der Waals surface area contributed by atoms with E-state index in [-0.39, 0.29) is 5.92 Å². The maximum Gasteiger partial charge on any atom is 0.395 e. The molecule has 1 rings (SSSR count). The molecule has 0 bridgehead atoms. The molecule has 0 spiro atoms. The van der Waals surface area contributed by atoms with E-state index in [2.05, 4.69) is 4.74 Å². The largest absolute Gasteiger partial charge is 0.469 e. The minimum absolute atomic E-state index is 0.140. The van der Waals surface area contributed by atoms with E-state index in [1.165, 1.54) is 0 Å². The van der Waals surface area contributed by atoms with E-state index in [0.717, 1.165) is 14.0 Å². The van der Waals surface area contributed by atoms with E-state index < -0.39 is 29.4 Å². The number of halogens is 3.